The maximum atomic E-state index is 12.5. The zero-order valence-corrected chi connectivity index (χ0v) is 17.9. The Bertz CT molecular complexity index is 1120. The van der Waals surface area contributed by atoms with Crippen LogP contribution in [0.3, 0.4) is 0 Å². The van der Waals surface area contributed by atoms with Crippen LogP contribution in [0.4, 0.5) is 10.8 Å². The molecule has 1 fully saturated rings. The van der Waals surface area contributed by atoms with Crippen molar-refractivity contribution in [1.82, 2.24) is 9.88 Å². The molecular weight excluding hydrogens is 451 g/mol. The van der Waals surface area contributed by atoms with Crippen LogP contribution in [-0.2, 0) is 4.79 Å². The first kappa shape index (κ1) is 20.6. The molecule has 1 aliphatic heterocycles. The van der Waals surface area contributed by atoms with Gasteiger partial charge in [-0.25, -0.2) is 4.98 Å². The van der Waals surface area contributed by atoms with Crippen molar-refractivity contribution in [1.29, 1.82) is 0 Å². The number of non-ortho nitro benzene ring substituents is 1. The fourth-order valence-corrected chi connectivity index (χ4v) is 4.63. The van der Waals surface area contributed by atoms with Gasteiger partial charge < -0.3 is 14.5 Å². The van der Waals surface area contributed by atoms with E-state index in [1.807, 2.05) is 0 Å². The van der Waals surface area contributed by atoms with Gasteiger partial charge in [-0.1, -0.05) is 34.5 Å². The standard InChI is InChI=1S/C19H16Cl2N4O4S/c20-12-1-4-16(14(21)9-12)29-11-18(26)23-5-7-24(8-6-23)19-22-15-3-2-13(25(27)28)10-17(15)30-19/h1-4,9-10H,5-8,11H2. The molecule has 30 heavy (non-hydrogen) atoms. The van der Waals surface area contributed by atoms with E-state index in [2.05, 4.69) is 9.88 Å². The predicted molar refractivity (Wildman–Crippen MR) is 117 cm³/mol. The smallest absolute Gasteiger partial charge is 0.270 e. The highest BCUT2D eigenvalue weighted by atomic mass is 35.5. The van der Waals surface area contributed by atoms with Gasteiger partial charge in [0.25, 0.3) is 11.6 Å². The molecule has 2 aromatic carbocycles. The Hall–Kier alpha value is -2.62. The Morgan fingerprint density at radius 1 is 1.17 bits per heavy atom. The molecule has 0 saturated carbocycles. The predicted octanol–water partition coefficient (Wildman–Crippen LogP) is 4.24. The molecule has 0 atom stereocenters. The third-order valence-electron chi connectivity index (χ3n) is 4.72. The number of carbonyl (C=O) groups is 1. The van der Waals surface area contributed by atoms with Gasteiger partial charge in [-0.2, -0.15) is 0 Å². The summed E-state index contributed by atoms with van der Waals surface area (Å²) in [6, 6.07) is 9.50. The monoisotopic (exact) mass is 466 g/mol. The molecule has 11 heteroatoms. The Labute approximate surface area is 185 Å². The average molecular weight is 467 g/mol. The van der Waals surface area contributed by atoms with Gasteiger partial charge in [0.05, 0.1) is 20.2 Å². The Morgan fingerprint density at radius 3 is 2.63 bits per heavy atom. The van der Waals surface area contributed by atoms with Crippen molar-refractivity contribution in [3.63, 3.8) is 0 Å². The van der Waals surface area contributed by atoms with E-state index in [1.165, 1.54) is 23.5 Å². The van der Waals surface area contributed by atoms with Crippen molar-refractivity contribution in [2.24, 2.45) is 0 Å². The van der Waals surface area contributed by atoms with E-state index in [-0.39, 0.29) is 18.2 Å². The van der Waals surface area contributed by atoms with Crippen LogP contribution >= 0.6 is 34.5 Å². The molecule has 3 aromatic rings. The molecule has 0 radical (unpaired) electrons. The van der Waals surface area contributed by atoms with Gasteiger partial charge in [-0.15, -0.1) is 0 Å². The topological polar surface area (TPSA) is 88.8 Å². The molecular formula is C19H16Cl2N4O4S. The number of thiazole rings is 1. The van der Waals surface area contributed by atoms with Gasteiger partial charge in [-0.05, 0) is 24.3 Å². The number of carbonyl (C=O) groups excluding carboxylic acids is 1. The molecule has 0 spiro atoms. The number of ether oxygens (including phenoxy) is 1. The van der Waals surface area contributed by atoms with Gasteiger partial charge in [0.15, 0.2) is 11.7 Å². The molecule has 2 heterocycles. The number of nitrogens with zero attached hydrogens (tertiary/aromatic N) is 4. The van der Waals surface area contributed by atoms with E-state index >= 15 is 0 Å². The van der Waals surface area contributed by atoms with Crippen LogP contribution in [-0.4, -0.2) is 53.5 Å². The van der Waals surface area contributed by atoms with Crippen molar-refractivity contribution < 1.29 is 14.5 Å². The van der Waals surface area contributed by atoms with Crippen LogP contribution in [0, 0.1) is 10.1 Å². The van der Waals surface area contributed by atoms with Gasteiger partial charge in [-0.3, -0.25) is 14.9 Å². The SMILES string of the molecule is O=C(COc1ccc(Cl)cc1Cl)N1CCN(c2nc3ccc([N+](=O)[O-])cc3s2)CC1. The number of amides is 1. The molecule has 1 aromatic heterocycles. The second kappa shape index (κ2) is 8.63. The quantitative estimate of drug-likeness (QED) is 0.412. The van der Waals surface area contributed by atoms with Crippen molar-refractivity contribution >= 4 is 61.5 Å². The molecule has 156 valence electrons. The van der Waals surface area contributed by atoms with Crippen LogP contribution < -0.4 is 9.64 Å². The highest BCUT2D eigenvalue weighted by Gasteiger charge is 2.24. The lowest BCUT2D eigenvalue weighted by atomic mass is 10.3. The van der Waals surface area contributed by atoms with E-state index in [1.54, 1.807) is 29.2 Å². The largest absolute Gasteiger partial charge is 0.482 e. The average Bonchev–Trinajstić information content (AvgIpc) is 3.16. The molecule has 1 amide bonds. The number of anilines is 1. The number of nitro groups is 1. The van der Waals surface area contributed by atoms with Crippen LogP contribution in [0.25, 0.3) is 10.2 Å². The third-order valence-corrected chi connectivity index (χ3v) is 6.33. The molecule has 0 aliphatic carbocycles. The van der Waals surface area contributed by atoms with Gasteiger partial charge in [0.2, 0.25) is 0 Å². The lowest BCUT2D eigenvalue weighted by molar-refractivity contribution is -0.384. The maximum Gasteiger partial charge on any atom is 0.270 e. The number of hydrogen-bond donors (Lipinski definition) is 0. The summed E-state index contributed by atoms with van der Waals surface area (Å²) < 4.78 is 6.30. The van der Waals surface area contributed by atoms with E-state index in [0.29, 0.717) is 42.0 Å². The van der Waals surface area contributed by atoms with Crippen molar-refractivity contribution in [3.05, 3.63) is 56.6 Å². The van der Waals surface area contributed by atoms with Crippen LogP contribution in [0.2, 0.25) is 10.0 Å². The van der Waals surface area contributed by atoms with E-state index < -0.39 is 4.92 Å². The summed E-state index contributed by atoms with van der Waals surface area (Å²) in [6.07, 6.45) is 0. The molecule has 0 N–H and O–H groups in total. The summed E-state index contributed by atoms with van der Waals surface area (Å²) in [7, 11) is 0. The van der Waals surface area contributed by atoms with Crippen LogP contribution in [0.15, 0.2) is 36.4 Å². The van der Waals surface area contributed by atoms with Gasteiger partial charge in [0.1, 0.15) is 5.75 Å². The molecule has 0 unspecified atom stereocenters. The summed E-state index contributed by atoms with van der Waals surface area (Å²) >= 11 is 13.3. The molecule has 0 bridgehead atoms. The fraction of sp³-hybridized carbons (Fsp3) is 0.263. The number of hydrogen-bond acceptors (Lipinski definition) is 7. The maximum absolute atomic E-state index is 12.5. The van der Waals surface area contributed by atoms with Gasteiger partial charge in [0, 0.05) is 43.3 Å². The first-order valence-corrected chi connectivity index (χ1v) is 10.6. The minimum absolute atomic E-state index is 0.0499. The van der Waals surface area contributed by atoms with Crippen molar-refractivity contribution in [2.75, 3.05) is 37.7 Å². The number of fused-ring (bicyclic) bond motifs is 1. The summed E-state index contributed by atoms with van der Waals surface area (Å²) in [5.74, 6) is 0.289. The van der Waals surface area contributed by atoms with Gasteiger partial charge >= 0.3 is 0 Å². The first-order valence-electron chi connectivity index (χ1n) is 9.06. The third kappa shape index (κ3) is 4.43. The summed E-state index contributed by atoms with van der Waals surface area (Å²) in [4.78, 5) is 31.4. The second-order valence-electron chi connectivity index (χ2n) is 6.64. The van der Waals surface area contributed by atoms with Crippen molar-refractivity contribution in [2.45, 2.75) is 0 Å². The summed E-state index contributed by atoms with van der Waals surface area (Å²) in [6.45, 7) is 2.20. The minimum atomic E-state index is -0.414. The normalized spacial score (nSPS) is 14.2. The number of piperazine rings is 1. The first-order chi connectivity index (χ1) is 14.4. The molecule has 1 aliphatic rings. The Morgan fingerprint density at radius 2 is 1.93 bits per heavy atom. The van der Waals surface area contributed by atoms with Crippen molar-refractivity contribution in [3.8, 4) is 5.75 Å². The minimum Gasteiger partial charge on any atom is -0.482 e. The van der Waals surface area contributed by atoms with Crippen LogP contribution in [0.1, 0.15) is 0 Å². The Kier molecular flexibility index (Phi) is 5.94. The van der Waals surface area contributed by atoms with E-state index in [9.17, 15) is 14.9 Å². The number of rotatable bonds is 5. The van der Waals surface area contributed by atoms with Crippen LogP contribution in [0.5, 0.6) is 5.75 Å². The molecule has 4 rings (SSSR count). The highest BCUT2D eigenvalue weighted by molar-refractivity contribution is 7.22. The Balaban J connectivity index is 1.34. The number of halogens is 2. The summed E-state index contributed by atoms with van der Waals surface area (Å²) in [5, 5.41) is 12.6. The highest BCUT2D eigenvalue weighted by Crippen LogP contribution is 2.32. The number of benzene rings is 2. The van der Waals surface area contributed by atoms with E-state index in [4.69, 9.17) is 27.9 Å². The zero-order valence-electron chi connectivity index (χ0n) is 15.6. The molecule has 8 nitrogen and oxygen atoms in total. The second-order valence-corrected chi connectivity index (χ2v) is 8.49. The van der Waals surface area contributed by atoms with E-state index in [0.717, 1.165) is 15.3 Å². The summed E-state index contributed by atoms with van der Waals surface area (Å²) in [5.41, 5.74) is 0.779. The number of nitro benzene ring substituents is 1. The molecule has 1 saturated heterocycles. The number of aromatic nitrogens is 1. The lowest BCUT2D eigenvalue weighted by Crippen LogP contribution is -2.50. The lowest BCUT2D eigenvalue weighted by Gasteiger charge is -2.34. The zero-order chi connectivity index (χ0) is 21.3. The fourth-order valence-electron chi connectivity index (χ4n) is 3.12.